The minimum atomic E-state index is -1.22. The SMILES string of the molecule is CC(CO)CCC(=S)Nc1cc(F)c(Oc2ccnc3c2c(Cl)cn3COCC[Si](C)(C)C)c(F)c1. The van der Waals surface area contributed by atoms with Crippen LogP contribution in [0.25, 0.3) is 11.0 Å². The quantitative estimate of drug-likeness (QED) is 0.140. The number of hydrogen-bond donors (Lipinski definition) is 2. The van der Waals surface area contributed by atoms with Crippen molar-refractivity contribution in [2.75, 3.05) is 18.5 Å². The van der Waals surface area contributed by atoms with Crippen LogP contribution in [0.4, 0.5) is 14.5 Å². The normalized spacial score (nSPS) is 12.7. The zero-order chi connectivity index (χ0) is 26.5. The summed E-state index contributed by atoms with van der Waals surface area (Å²) < 4.78 is 42.9. The van der Waals surface area contributed by atoms with Gasteiger partial charge in [-0.05, 0) is 30.9 Å². The van der Waals surface area contributed by atoms with Crippen molar-refractivity contribution >= 4 is 53.6 Å². The molecule has 196 valence electrons. The van der Waals surface area contributed by atoms with Crippen LogP contribution in [0, 0.1) is 17.6 Å². The Morgan fingerprint density at radius 2 is 1.97 bits per heavy atom. The van der Waals surface area contributed by atoms with Gasteiger partial charge in [0, 0.05) is 51.5 Å². The van der Waals surface area contributed by atoms with Crippen molar-refractivity contribution in [2.45, 2.75) is 52.2 Å². The van der Waals surface area contributed by atoms with Gasteiger partial charge in [0.1, 0.15) is 18.1 Å². The van der Waals surface area contributed by atoms with Crippen LogP contribution in [-0.2, 0) is 11.5 Å². The summed E-state index contributed by atoms with van der Waals surface area (Å²) in [5, 5.41) is 12.7. The summed E-state index contributed by atoms with van der Waals surface area (Å²) in [5.41, 5.74) is 0.672. The first-order chi connectivity index (χ1) is 17.0. The topological polar surface area (TPSA) is 68.5 Å². The van der Waals surface area contributed by atoms with Gasteiger partial charge in [0.2, 0.25) is 0 Å². The summed E-state index contributed by atoms with van der Waals surface area (Å²) in [7, 11) is -1.22. The Hall–Kier alpha value is -2.11. The maximum atomic E-state index is 14.9. The van der Waals surface area contributed by atoms with Gasteiger partial charge in [0.25, 0.3) is 0 Å². The molecule has 2 heterocycles. The second kappa shape index (κ2) is 12.4. The number of nitrogens with one attached hydrogen (secondary N) is 1. The van der Waals surface area contributed by atoms with E-state index in [2.05, 4.69) is 29.9 Å². The molecule has 0 radical (unpaired) electrons. The monoisotopic (exact) mass is 555 g/mol. The molecule has 0 aliphatic carbocycles. The second-order valence-electron chi connectivity index (χ2n) is 10.0. The zero-order valence-electron chi connectivity index (χ0n) is 20.9. The predicted molar refractivity (Wildman–Crippen MR) is 147 cm³/mol. The molecule has 2 aromatic heterocycles. The molecular weight excluding hydrogens is 524 g/mol. The summed E-state index contributed by atoms with van der Waals surface area (Å²) in [4.78, 5) is 4.79. The lowest BCUT2D eigenvalue weighted by Gasteiger charge is -2.15. The molecule has 0 aliphatic heterocycles. The number of aliphatic hydroxyl groups is 1. The van der Waals surface area contributed by atoms with Crippen molar-refractivity contribution in [3.05, 3.63) is 47.2 Å². The lowest BCUT2D eigenvalue weighted by molar-refractivity contribution is 0.0899. The van der Waals surface area contributed by atoms with Crippen LogP contribution in [0.2, 0.25) is 30.7 Å². The first-order valence-electron chi connectivity index (χ1n) is 11.8. The number of ether oxygens (including phenoxy) is 2. The van der Waals surface area contributed by atoms with E-state index in [9.17, 15) is 8.78 Å². The van der Waals surface area contributed by atoms with Gasteiger partial charge >= 0.3 is 0 Å². The smallest absolute Gasteiger partial charge is 0.198 e. The van der Waals surface area contributed by atoms with E-state index in [1.54, 1.807) is 10.8 Å². The van der Waals surface area contributed by atoms with Crippen LogP contribution in [0.1, 0.15) is 19.8 Å². The molecule has 0 spiro atoms. The third kappa shape index (κ3) is 7.69. The van der Waals surface area contributed by atoms with Gasteiger partial charge in [-0.3, -0.25) is 0 Å². The third-order valence-corrected chi connectivity index (χ3v) is 7.87. The van der Waals surface area contributed by atoms with E-state index >= 15 is 0 Å². The third-order valence-electron chi connectivity index (χ3n) is 5.57. The van der Waals surface area contributed by atoms with Gasteiger partial charge in [0.15, 0.2) is 17.4 Å². The predicted octanol–water partition coefficient (Wildman–Crippen LogP) is 7.22. The molecule has 6 nitrogen and oxygen atoms in total. The lowest BCUT2D eigenvalue weighted by atomic mass is 10.1. The molecule has 1 unspecified atom stereocenters. The first kappa shape index (κ1) is 28.5. The maximum Gasteiger partial charge on any atom is 0.198 e. The van der Waals surface area contributed by atoms with Gasteiger partial charge < -0.3 is 24.5 Å². The number of anilines is 1. The highest BCUT2D eigenvalue weighted by Crippen LogP contribution is 2.37. The molecule has 1 aromatic carbocycles. The Kier molecular flexibility index (Phi) is 9.82. The number of halogens is 3. The molecular formula is C25H32ClF2N3O3SSi. The summed E-state index contributed by atoms with van der Waals surface area (Å²) in [5.74, 6) is -2.07. The number of nitrogens with zero attached hydrogens (tertiary/aromatic N) is 2. The Labute approximate surface area is 221 Å². The molecule has 2 N–H and O–H groups in total. The lowest BCUT2D eigenvalue weighted by Crippen LogP contribution is -2.22. The van der Waals surface area contributed by atoms with Crippen LogP contribution in [0.3, 0.4) is 0 Å². The van der Waals surface area contributed by atoms with E-state index in [0.29, 0.717) is 40.5 Å². The number of benzene rings is 1. The molecule has 3 rings (SSSR count). The fourth-order valence-electron chi connectivity index (χ4n) is 3.39. The van der Waals surface area contributed by atoms with Crippen molar-refractivity contribution in [3.63, 3.8) is 0 Å². The van der Waals surface area contributed by atoms with E-state index < -0.39 is 25.5 Å². The van der Waals surface area contributed by atoms with Crippen molar-refractivity contribution in [1.82, 2.24) is 9.55 Å². The Morgan fingerprint density at radius 1 is 1.28 bits per heavy atom. The molecule has 1 atom stereocenters. The van der Waals surface area contributed by atoms with E-state index in [0.717, 1.165) is 18.2 Å². The molecule has 0 bridgehead atoms. The Bertz CT molecular complexity index is 1200. The molecule has 0 saturated carbocycles. The van der Waals surface area contributed by atoms with Crippen molar-refractivity contribution in [3.8, 4) is 11.5 Å². The van der Waals surface area contributed by atoms with Crippen LogP contribution < -0.4 is 10.1 Å². The van der Waals surface area contributed by atoms with Gasteiger partial charge in [-0.1, -0.05) is 50.4 Å². The number of aliphatic hydroxyl groups excluding tert-OH is 1. The van der Waals surface area contributed by atoms with Gasteiger partial charge in [0.05, 0.1) is 15.4 Å². The molecule has 11 heteroatoms. The fraction of sp³-hybridized carbons (Fsp3) is 0.440. The minimum Gasteiger partial charge on any atom is -0.450 e. The highest BCUT2D eigenvalue weighted by atomic mass is 35.5. The van der Waals surface area contributed by atoms with Crippen molar-refractivity contribution in [1.29, 1.82) is 0 Å². The van der Waals surface area contributed by atoms with Crippen LogP contribution in [0.5, 0.6) is 11.5 Å². The molecule has 0 aliphatic rings. The molecule has 0 fully saturated rings. The largest absolute Gasteiger partial charge is 0.450 e. The van der Waals surface area contributed by atoms with E-state index in [4.69, 9.17) is 38.4 Å². The number of aromatic nitrogens is 2. The fourth-order valence-corrected chi connectivity index (χ4v) is 4.68. The van der Waals surface area contributed by atoms with Gasteiger partial charge in [-0.2, -0.15) is 0 Å². The molecule has 0 amide bonds. The van der Waals surface area contributed by atoms with Gasteiger partial charge in [-0.15, -0.1) is 0 Å². The van der Waals surface area contributed by atoms with Gasteiger partial charge in [-0.25, -0.2) is 13.8 Å². The Morgan fingerprint density at radius 3 is 2.61 bits per heavy atom. The summed E-state index contributed by atoms with van der Waals surface area (Å²) in [6.07, 6.45) is 4.31. The van der Waals surface area contributed by atoms with E-state index in [1.165, 1.54) is 12.3 Å². The minimum absolute atomic E-state index is 0.0548. The van der Waals surface area contributed by atoms with Crippen molar-refractivity contribution in [2.24, 2.45) is 5.92 Å². The number of thiocarbonyl (C=S) groups is 1. The number of hydrogen-bond acceptors (Lipinski definition) is 5. The first-order valence-corrected chi connectivity index (χ1v) is 16.3. The average molecular weight is 556 g/mol. The summed E-state index contributed by atoms with van der Waals surface area (Å²) in [6.45, 7) is 9.66. The molecule has 36 heavy (non-hydrogen) atoms. The summed E-state index contributed by atoms with van der Waals surface area (Å²) >= 11 is 11.7. The second-order valence-corrected chi connectivity index (χ2v) is 16.6. The maximum absolute atomic E-state index is 14.9. The van der Waals surface area contributed by atoms with E-state index in [-0.39, 0.29) is 30.7 Å². The molecule has 3 aromatic rings. The summed E-state index contributed by atoms with van der Waals surface area (Å²) in [6, 6.07) is 4.78. The van der Waals surface area contributed by atoms with Crippen LogP contribution in [0.15, 0.2) is 30.6 Å². The highest BCUT2D eigenvalue weighted by Gasteiger charge is 2.19. The standard InChI is InChI=1S/C25H32ClF2N3O3SSi/c1-16(14-32)5-6-22(35)30-17-11-19(27)24(20(28)12-17)34-21-7-8-29-25-23(21)18(26)13-31(25)15-33-9-10-36(2,3)4/h7-8,11-13,16,32H,5-6,9-10,14-15H2,1-4H3,(H,30,35). The number of pyridine rings is 1. The highest BCUT2D eigenvalue weighted by molar-refractivity contribution is 7.80. The Balaban J connectivity index is 1.76. The van der Waals surface area contributed by atoms with E-state index in [1.807, 2.05) is 6.92 Å². The van der Waals surface area contributed by atoms with Crippen LogP contribution >= 0.6 is 23.8 Å². The van der Waals surface area contributed by atoms with Crippen LogP contribution in [-0.4, -0.2) is 40.9 Å². The molecule has 0 saturated heterocycles. The average Bonchev–Trinajstić information content (AvgIpc) is 3.13. The zero-order valence-corrected chi connectivity index (χ0v) is 23.5. The van der Waals surface area contributed by atoms with Crippen molar-refractivity contribution < 1.29 is 23.4 Å². The number of rotatable bonds is 12. The number of fused-ring (bicyclic) bond motifs is 1.